The monoisotopic (exact) mass is 279 g/mol. The van der Waals surface area contributed by atoms with E-state index in [-0.39, 0.29) is 5.92 Å². The first-order chi connectivity index (χ1) is 10.3. The number of imidazole rings is 1. The van der Waals surface area contributed by atoms with Crippen molar-refractivity contribution in [3.8, 4) is 0 Å². The first-order valence-corrected chi connectivity index (χ1v) is 7.52. The van der Waals surface area contributed by atoms with Gasteiger partial charge < -0.3 is 10.7 Å². The zero-order valence-electron chi connectivity index (χ0n) is 12.3. The quantitative estimate of drug-likeness (QED) is 0.752. The largest absolute Gasteiger partial charge is 0.342 e. The van der Waals surface area contributed by atoms with Crippen LogP contribution in [-0.4, -0.2) is 16.5 Å². The maximum atomic E-state index is 5.97. The molecule has 0 bridgehead atoms. The molecule has 0 aliphatic rings. The van der Waals surface area contributed by atoms with Crippen molar-refractivity contribution in [3.63, 3.8) is 0 Å². The molecule has 3 N–H and O–H groups in total. The van der Waals surface area contributed by atoms with E-state index in [2.05, 4.69) is 47.2 Å². The van der Waals surface area contributed by atoms with Gasteiger partial charge in [-0.25, -0.2) is 4.98 Å². The number of hydrogen-bond donors (Lipinski definition) is 2. The Morgan fingerprint density at radius 2 is 1.76 bits per heavy atom. The van der Waals surface area contributed by atoms with E-state index in [0.29, 0.717) is 6.54 Å². The lowest BCUT2D eigenvalue weighted by molar-refractivity contribution is 0.658. The SMILES string of the molecule is CCc1ccc(CC(CN)c2nc3ccccc3[nH]2)cc1. The van der Waals surface area contributed by atoms with Crippen LogP contribution in [-0.2, 0) is 12.8 Å². The third kappa shape index (κ3) is 2.98. The summed E-state index contributed by atoms with van der Waals surface area (Å²) < 4.78 is 0. The molecule has 0 amide bonds. The smallest absolute Gasteiger partial charge is 0.111 e. The Morgan fingerprint density at radius 3 is 2.43 bits per heavy atom. The number of nitrogens with zero attached hydrogens (tertiary/aromatic N) is 1. The first-order valence-electron chi connectivity index (χ1n) is 7.52. The molecule has 3 nitrogen and oxygen atoms in total. The second kappa shape index (κ2) is 6.10. The molecule has 0 aliphatic heterocycles. The van der Waals surface area contributed by atoms with Gasteiger partial charge in [0.1, 0.15) is 5.82 Å². The summed E-state index contributed by atoms with van der Waals surface area (Å²) in [5.74, 6) is 1.21. The van der Waals surface area contributed by atoms with Gasteiger partial charge in [-0.2, -0.15) is 0 Å². The molecule has 3 aromatic rings. The lowest BCUT2D eigenvalue weighted by atomic mass is 9.97. The second-order valence-corrected chi connectivity index (χ2v) is 5.45. The van der Waals surface area contributed by atoms with Gasteiger partial charge in [0.25, 0.3) is 0 Å². The van der Waals surface area contributed by atoms with Crippen molar-refractivity contribution in [2.75, 3.05) is 6.54 Å². The van der Waals surface area contributed by atoms with Crippen molar-refractivity contribution in [1.82, 2.24) is 9.97 Å². The second-order valence-electron chi connectivity index (χ2n) is 5.45. The highest BCUT2D eigenvalue weighted by atomic mass is 14.9. The number of para-hydroxylation sites is 2. The van der Waals surface area contributed by atoms with Crippen LogP contribution in [0, 0.1) is 0 Å². The molecular weight excluding hydrogens is 258 g/mol. The number of nitrogens with two attached hydrogens (primary N) is 1. The summed E-state index contributed by atoms with van der Waals surface area (Å²) in [5, 5.41) is 0. The molecule has 1 atom stereocenters. The third-order valence-electron chi connectivity index (χ3n) is 3.99. The van der Waals surface area contributed by atoms with E-state index >= 15 is 0 Å². The normalized spacial score (nSPS) is 12.7. The van der Waals surface area contributed by atoms with Gasteiger partial charge >= 0.3 is 0 Å². The number of aromatic amines is 1. The summed E-state index contributed by atoms with van der Waals surface area (Å²) in [4.78, 5) is 8.08. The molecule has 0 fully saturated rings. The predicted molar refractivity (Wildman–Crippen MR) is 87.4 cm³/mol. The summed E-state index contributed by atoms with van der Waals surface area (Å²) in [6.07, 6.45) is 1.99. The summed E-state index contributed by atoms with van der Waals surface area (Å²) in [7, 11) is 0. The number of benzene rings is 2. The van der Waals surface area contributed by atoms with Crippen molar-refractivity contribution in [2.24, 2.45) is 5.73 Å². The van der Waals surface area contributed by atoms with Crippen LogP contribution < -0.4 is 5.73 Å². The Morgan fingerprint density at radius 1 is 1.05 bits per heavy atom. The molecule has 3 heteroatoms. The molecule has 3 rings (SSSR count). The molecule has 0 aliphatic carbocycles. The van der Waals surface area contributed by atoms with Gasteiger partial charge in [0, 0.05) is 12.5 Å². The van der Waals surface area contributed by atoms with Gasteiger partial charge in [0.05, 0.1) is 11.0 Å². The third-order valence-corrected chi connectivity index (χ3v) is 3.99. The van der Waals surface area contributed by atoms with Crippen molar-refractivity contribution in [3.05, 3.63) is 65.5 Å². The highest BCUT2D eigenvalue weighted by molar-refractivity contribution is 5.74. The Hall–Kier alpha value is -2.13. The number of nitrogens with one attached hydrogen (secondary N) is 1. The zero-order valence-corrected chi connectivity index (χ0v) is 12.3. The number of rotatable bonds is 5. The number of fused-ring (bicyclic) bond motifs is 1. The van der Waals surface area contributed by atoms with Crippen molar-refractivity contribution < 1.29 is 0 Å². The van der Waals surface area contributed by atoms with Crippen LogP contribution in [0.4, 0.5) is 0 Å². The van der Waals surface area contributed by atoms with E-state index in [0.717, 1.165) is 29.7 Å². The molecule has 1 aromatic heterocycles. The minimum Gasteiger partial charge on any atom is -0.342 e. The molecule has 0 saturated carbocycles. The number of hydrogen-bond acceptors (Lipinski definition) is 2. The maximum Gasteiger partial charge on any atom is 0.111 e. The van der Waals surface area contributed by atoms with Crippen molar-refractivity contribution >= 4 is 11.0 Å². The zero-order chi connectivity index (χ0) is 14.7. The summed E-state index contributed by atoms with van der Waals surface area (Å²) in [5.41, 5.74) is 10.7. The molecular formula is C18H21N3. The fraction of sp³-hybridized carbons (Fsp3) is 0.278. The highest BCUT2D eigenvalue weighted by Gasteiger charge is 2.15. The fourth-order valence-corrected chi connectivity index (χ4v) is 2.65. The molecule has 0 saturated heterocycles. The molecule has 1 unspecified atom stereocenters. The lowest BCUT2D eigenvalue weighted by Gasteiger charge is -2.12. The van der Waals surface area contributed by atoms with E-state index in [9.17, 15) is 0 Å². The highest BCUT2D eigenvalue weighted by Crippen LogP contribution is 2.21. The van der Waals surface area contributed by atoms with E-state index < -0.39 is 0 Å². The molecule has 0 radical (unpaired) electrons. The van der Waals surface area contributed by atoms with E-state index in [1.807, 2.05) is 18.2 Å². The summed E-state index contributed by atoms with van der Waals surface area (Å²) in [6, 6.07) is 16.9. The van der Waals surface area contributed by atoms with E-state index in [4.69, 9.17) is 5.73 Å². The molecule has 108 valence electrons. The first kappa shape index (κ1) is 13.8. The Kier molecular flexibility index (Phi) is 4.02. The van der Waals surface area contributed by atoms with Crippen LogP contribution in [0.15, 0.2) is 48.5 Å². The van der Waals surface area contributed by atoms with Crippen molar-refractivity contribution in [1.29, 1.82) is 0 Å². The van der Waals surface area contributed by atoms with Gasteiger partial charge in [-0.3, -0.25) is 0 Å². The van der Waals surface area contributed by atoms with Crippen LogP contribution in [0.25, 0.3) is 11.0 Å². The predicted octanol–water partition coefficient (Wildman–Crippen LogP) is 3.41. The van der Waals surface area contributed by atoms with Gasteiger partial charge in [0.15, 0.2) is 0 Å². The van der Waals surface area contributed by atoms with E-state index in [1.54, 1.807) is 0 Å². The topological polar surface area (TPSA) is 54.7 Å². The number of H-pyrrole nitrogens is 1. The van der Waals surface area contributed by atoms with Gasteiger partial charge in [0.2, 0.25) is 0 Å². The minimum atomic E-state index is 0.227. The van der Waals surface area contributed by atoms with Crippen LogP contribution in [0.1, 0.15) is 29.8 Å². The average molecular weight is 279 g/mol. The minimum absolute atomic E-state index is 0.227. The van der Waals surface area contributed by atoms with Crippen LogP contribution in [0.5, 0.6) is 0 Å². The summed E-state index contributed by atoms with van der Waals surface area (Å²) in [6.45, 7) is 2.77. The Bertz CT molecular complexity index is 680. The number of aryl methyl sites for hydroxylation is 1. The Balaban J connectivity index is 1.83. The van der Waals surface area contributed by atoms with E-state index in [1.165, 1.54) is 11.1 Å². The van der Waals surface area contributed by atoms with Crippen molar-refractivity contribution in [2.45, 2.75) is 25.7 Å². The lowest BCUT2D eigenvalue weighted by Crippen LogP contribution is -2.16. The van der Waals surface area contributed by atoms with Crippen LogP contribution in [0.3, 0.4) is 0 Å². The maximum absolute atomic E-state index is 5.97. The standard InChI is InChI=1S/C18H21N3/c1-2-13-7-9-14(10-8-13)11-15(12-19)18-20-16-5-3-4-6-17(16)21-18/h3-10,15H,2,11-12,19H2,1H3,(H,20,21). The van der Waals surface area contributed by atoms with Gasteiger partial charge in [-0.1, -0.05) is 43.3 Å². The number of aromatic nitrogens is 2. The summed E-state index contributed by atoms with van der Waals surface area (Å²) >= 11 is 0. The van der Waals surface area contributed by atoms with Gasteiger partial charge in [-0.15, -0.1) is 0 Å². The molecule has 2 aromatic carbocycles. The van der Waals surface area contributed by atoms with Crippen LogP contribution in [0.2, 0.25) is 0 Å². The van der Waals surface area contributed by atoms with Crippen LogP contribution >= 0.6 is 0 Å². The average Bonchev–Trinajstić information content (AvgIpc) is 2.97. The molecule has 1 heterocycles. The molecule has 21 heavy (non-hydrogen) atoms. The van der Waals surface area contributed by atoms with Gasteiger partial charge in [-0.05, 0) is 36.1 Å². The molecule has 0 spiro atoms. The Labute approximate surface area is 125 Å². The fourth-order valence-electron chi connectivity index (χ4n) is 2.65.